The van der Waals surface area contributed by atoms with Crippen LogP contribution in [0.2, 0.25) is 0 Å². The zero-order chi connectivity index (χ0) is 13.4. The summed E-state index contributed by atoms with van der Waals surface area (Å²) in [6.07, 6.45) is 0. The lowest BCUT2D eigenvalue weighted by molar-refractivity contribution is 0.00819. The Hall–Kier alpha value is -1.52. The predicted molar refractivity (Wildman–Crippen MR) is 59.3 cm³/mol. The van der Waals surface area contributed by atoms with Gasteiger partial charge in [0.25, 0.3) is 0 Å². The second-order valence-corrected chi connectivity index (χ2v) is 3.47. The molecule has 0 aliphatic heterocycles. The van der Waals surface area contributed by atoms with Gasteiger partial charge in [-0.05, 0) is 12.1 Å². The summed E-state index contributed by atoms with van der Waals surface area (Å²) in [5.41, 5.74) is 0.667. The summed E-state index contributed by atoms with van der Waals surface area (Å²) >= 11 is 0. The van der Waals surface area contributed by atoms with Crippen molar-refractivity contribution in [1.82, 2.24) is 0 Å². The molecule has 0 heterocycles. The molecule has 0 saturated carbocycles. The van der Waals surface area contributed by atoms with Crippen molar-refractivity contribution >= 4 is 5.78 Å². The molecule has 0 atom stereocenters. The molecule has 0 bridgehead atoms. The highest BCUT2D eigenvalue weighted by atomic mass is 19.4. The number of ketones is 1. The predicted octanol–water partition coefficient (Wildman–Crippen LogP) is 3.71. The Kier molecular flexibility index (Phi) is 7.02. The topological polar surface area (TPSA) is 26.3 Å². The molecular formula is C12H15F3O2. The van der Waals surface area contributed by atoms with E-state index in [0.717, 1.165) is 0 Å². The van der Waals surface area contributed by atoms with Crippen molar-refractivity contribution in [3.8, 4) is 5.75 Å². The van der Waals surface area contributed by atoms with Crippen LogP contribution in [0.15, 0.2) is 24.3 Å². The fraction of sp³-hybridized carbons (Fsp3) is 0.417. The maximum atomic E-state index is 11.6. The molecule has 0 saturated heterocycles. The van der Waals surface area contributed by atoms with E-state index in [4.69, 9.17) is 4.74 Å². The van der Waals surface area contributed by atoms with Gasteiger partial charge >= 0.3 is 6.68 Å². The standard InChI is InChI=1S/C11H14O2.CHF3/c1-8(2)11(12)9-6-4-5-7-10(9)13-3;2-1(3)4/h4-8H,1-3H3;1H. The largest absolute Gasteiger partial charge is 0.496 e. The van der Waals surface area contributed by atoms with E-state index in [1.165, 1.54) is 0 Å². The first-order valence-corrected chi connectivity index (χ1v) is 4.99. The van der Waals surface area contributed by atoms with Gasteiger partial charge < -0.3 is 4.74 Å². The van der Waals surface area contributed by atoms with E-state index >= 15 is 0 Å². The summed E-state index contributed by atoms with van der Waals surface area (Å²) in [6.45, 7) is 0.101. The molecule has 0 unspecified atom stereocenters. The first-order valence-electron chi connectivity index (χ1n) is 4.99. The molecule has 0 spiro atoms. The summed E-state index contributed by atoms with van der Waals surface area (Å²) in [5, 5.41) is 0. The third kappa shape index (κ3) is 5.94. The molecule has 0 aliphatic carbocycles. The summed E-state index contributed by atoms with van der Waals surface area (Å²) in [6, 6.07) is 7.30. The van der Waals surface area contributed by atoms with Crippen LogP contribution in [0, 0.1) is 5.92 Å². The summed E-state index contributed by atoms with van der Waals surface area (Å²) < 4.78 is 34.1. The maximum absolute atomic E-state index is 11.6. The summed E-state index contributed by atoms with van der Waals surface area (Å²) in [5.74, 6) is 0.787. The van der Waals surface area contributed by atoms with Crippen molar-refractivity contribution < 1.29 is 22.7 Å². The molecule has 0 N–H and O–H groups in total. The van der Waals surface area contributed by atoms with Crippen LogP contribution in [0.5, 0.6) is 5.75 Å². The van der Waals surface area contributed by atoms with Crippen LogP contribution in [0.1, 0.15) is 24.2 Å². The van der Waals surface area contributed by atoms with Crippen molar-refractivity contribution in [2.75, 3.05) is 7.11 Å². The molecule has 0 aliphatic rings. The van der Waals surface area contributed by atoms with E-state index < -0.39 is 6.68 Å². The van der Waals surface area contributed by atoms with Crippen molar-refractivity contribution in [2.45, 2.75) is 20.5 Å². The van der Waals surface area contributed by atoms with Crippen molar-refractivity contribution in [1.29, 1.82) is 0 Å². The van der Waals surface area contributed by atoms with E-state index in [9.17, 15) is 18.0 Å². The fourth-order valence-electron chi connectivity index (χ4n) is 1.16. The van der Waals surface area contributed by atoms with E-state index in [-0.39, 0.29) is 11.7 Å². The maximum Gasteiger partial charge on any atom is 0.379 e. The number of hydrogen-bond donors (Lipinski definition) is 0. The molecule has 0 fully saturated rings. The van der Waals surface area contributed by atoms with Crippen LogP contribution < -0.4 is 4.74 Å². The number of alkyl halides is 3. The number of benzene rings is 1. The van der Waals surface area contributed by atoms with Gasteiger partial charge in [0.1, 0.15) is 5.75 Å². The lowest BCUT2D eigenvalue weighted by atomic mass is 10.0. The number of para-hydroxylation sites is 1. The molecule has 2 nitrogen and oxygen atoms in total. The fourth-order valence-corrected chi connectivity index (χ4v) is 1.16. The Morgan fingerprint density at radius 1 is 1.18 bits per heavy atom. The van der Waals surface area contributed by atoms with Crippen molar-refractivity contribution in [2.24, 2.45) is 5.92 Å². The molecule has 96 valence electrons. The van der Waals surface area contributed by atoms with Gasteiger partial charge in [0.15, 0.2) is 5.78 Å². The number of methoxy groups -OCH3 is 1. The molecule has 0 amide bonds. The molecule has 17 heavy (non-hydrogen) atoms. The number of rotatable bonds is 3. The highest BCUT2D eigenvalue weighted by Gasteiger charge is 2.14. The Labute approximate surface area is 98.4 Å². The molecule has 5 heteroatoms. The number of ether oxygens (including phenoxy) is 1. The number of hydrogen-bond acceptors (Lipinski definition) is 2. The van der Waals surface area contributed by atoms with E-state index in [0.29, 0.717) is 11.3 Å². The Balaban J connectivity index is 0.000000557. The van der Waals surface area contributed by atoms with E-state index in [2.05, 4.69) is 0 Å². The average Bonchev–Trinajstić information content (AvgIpc) is 2.27. The quantitative estimate of drug-likeness (QED) is 0.762. The van der Waals surface area contributed by atoms with Gasteiger partial charge in [-0.3, -0.25) is 4.79 Å². The van der Waals surface area contributed by atoms with Gasteiger partial charge in [-0.2, -0.15) is 13.2 Å². The van der Waals surface area contributed by atoms with Crippen LogP contribution in [-0.2, 0) is 0 Å². The van der Waals surface area contributed by atoms with Gasteiger partial charge in [-0.15, -0.1) is 0 Å². The van der Waals surface area contributed by atoms with Gasteiger partial charge in [0.2, 0.25) is 0 Å². The van der Waals surface area contributed by atoms with Crippen LogP contribution in [-0.4, -0.2) is 19.6 Å². The third-order valence-corrected chi connectivity index (χ3v) is 1.90. The van der Waals surface area contributed by atoms with Crippen LogP contribution in [0.4, 0.5) is 13.2 Å². The van der Waals surface area contributed by atoms with Crippen molar-refractivity contribution in [3.63, 3.8) is 0 Å². The third-order valence-electron chi connectivity index (χ3n) is 1.90. The monoisotopic (exact) mass is 248 g/mol. The Bertz CT molecular complexity index is 349. The highest BCUT2D eigenvalue weighted by Crippen LogP contribution is 2.20. The molecule has 1 aromatic carbocycles. The van der Waals surface area contributed by atoms with Gasteiger partial charge in [-0.25, -0.2) is 0 Å². The smallest absolute Gasteiger partial charge is 0.379 e. The number of carbonyl (C=O) groups excluding carboxylic acids is 1. The molecule has 0 radical (unpaired) electrons. The number of carbonyl (C=O) groups is 1. The Morgan fingerprint density at radius 3 is 2.06 bits per heavy atom. The lowest BCUT2D eigenvalue weighted by Crippen LogP contribution is -2.08. The first kappa shape index (κ1) is 15.5. The first-order chi connectivity index (χ1) is 7.90. The minimum absolute atomic E-state index is 0.0105. The normalized spacial score (nSPS) is 9.88. The van der Waals surface area contributed by atoms with Crippen LogP contribution in [0.3, 0.4) is 0 Å². The van der Waals surface area contributed by atoms with Gasteiger partial charge in [0, 0.05) is 5.92 Å². The van der Waals surface area contributed by atoms with Crippen LogP contribution >= 0.6 is 0 Å². The van der Waals surface area contributed by atoms with E-state index in [1.807, 2.05) is 26.0 Å². The van der Waals surface area contributed by atoms with Gasteiger partial charge in [-0.1, -0.05) is 26.0 Å². The highest BCUT2D eigenvalue weighted by molar-refractivity contribution is 5.99. The second-order valence-electron chi connectivity index (χ2n) is 3.47. The number of halogens is 3. The average molecular weight is 248 g/mol. The summed E-state index contributed by atoms with van der Waals surface area (Å²) in [7, 11) is 1.58. The molecule has 1 aromatic rings. The minimum atomic E-state index is -3.67. The Morgan fingerprint density at radius 2 is 1.65 bits per heavy atom. The van der Waals surface area contributed by atoms with Gasteiger partial charge in [0.05, 0.1) is 12.7 Å². The number of Topliss-reactive ketones (excluding diaryl/α,β-unsaturated/α-hetero) is 1. The molecule has 0 aromatic heterocycles. The SMILES string of the molecule is COc1ccccc1C(=O)C(C)C.FC(F)F. The van der Waals surface area contributed by atoms with Crippen molar-refractivity contribution in [3.05, 3.63) is 29.8 Å². The summed E-state index contributed by atoms with van der Waals surface area (Å²) in [4.78, 5) is 11.6. The minimum Gasteiger partial charge on any atom is -0.496 e. The second kappa shape index (κ2) is 7.70. The van der Waals surface area contributed by atoms with Crippen LogP contribution in [0.25, 0.3) is 0 Å². The zero-order valence-corrected chi connectivity index (χ0v) is 9.91. The molecular weight excluding hydrogens is 233 g/mol. The zero-order valence-electron chi connectivity index (χ0n) is 9.91. The lowest BCUT2D eigenvalue weighted by Gasteiger charge is -2.08. The van der Waals surface area contributed by atoms with E-state index in [1.54, 1.807) is 19.2 Å². The molecule has 1 rings (SSSR count).